The number of amides is 2. The van der Waals surface area contributed by atoms with E-state index in [1.807, 2.05) is 19.1 Å². The number of benzene rings is 1. The number of piperidine rings is 1. The van der Waals surface area contributed by atoms with E-state index < -0.39 is 6.61 Å². The van der Waals surface area contributed by atoms with Crippen LogP contribution in [0, 0.1) is 0 Å². The molecular formula is C28H34N4O6. The molecule has 38 heavy (non-hydrogen) atoms. The predicted molar refractivity (Wildman–Crippen MR) is 143 cm³/mol. The number of hydrogen-bond acceptors (Lipinski definition) is 6. The third-order valence-electron chi connectivity index (χ3n) is 7.09. The van der Waals surface area contributed by atoms with Crippen LogP contribution in [-0.4, -0.2) is 69.1 Å². The summed E-state index contributed by atoms with van der Waals surface area (Å²) < 4.78 is 9.02. The van der Waals surface area contributed by atoms with Crippen molar-refractivity contribution in [3.05, 3.63) is 63.7 Å². The number of likely N-dealkylation sites (tertiary alicyclic amines) is 1. The molecule has 0 saturated carbocycles. The molecule has 1 saturated heterocycles. The Labute approximate surface area is 220 Å². The van der Waals surface area contributed by atoms with Crippen molar-refractivity contribution in [2.75, 3.05) is 26.3 Å². The lowest BCUT2D eigenvalue weighted by Crippen LogP contribution is -2.47. The van der Waals surface area contributed by atoms with Crippen LogP contribution < -0.4 is 15.6 Å². The molecule has 0 radical (unpaired) electrons. The summed E-state index contributed by atoms with van der Waals surface area (Å²) in [6, 6.07) is 10.5. The molecule has 1 aromatic carbocycles. The summed E-state index contributed by atoms with van der Waals surface area (Å²) in [6.45, 7) is 4.19. The number of nitrogens with one attached hydrogen (secondary N) is 1. The van der Waals surface area contributed by atoms with Gasteiger partial charge in [0.1, 0.15) is 12.0 Å². The van der Waals surface area contributed by atoms with E-state index in [9.17, 15) is 19.2 Å². The van der Waals surface area contributed by atoms with Crippen LogP contribution in [0.1, 0.15) is 53.2 Å². The molecule has 1 fully saturated rings. The Morgan fingerprint density at radius 1 is 1.11 bits per heavy atom. The average Bonchev–Trinajstić information content (AvgIpc) is 3.21. The van der Waals surface area contributed by atoms with Crippen molar-refractivity contribution in [2.45, 2.75) is 45.7 Å². The van der Waals surface area contributed by atoms with Crippen molar-refractivity contribution in [3.63, 3.8) is 0 Å². The number of aliphatic hydroxyl groups is 1. The monoisotopic (exact) mass is 522 g/mol. The van der Waals surface area contributed by atoms with Gasteiger partial charge in [-0.2, -0.15) is 0 Å². The maximum absolute atomic E-state index is 13.8. The number of pyridine rings is 1. The normalized spacial score (nSPS) is 14.1. The number of Topliss-reactive ketones (excluding diaryl/α,β-unsaturated/α-hetero) is 1. The van der Waals surface area contributed by atoms with Crippen LogP contribution in [0.25, 0.3) is 10.9 Å². The highest BCUT2D eigenvalue weighted by atomic mass is 16.5. The van der Waals surface area contributed by atoms with E-state index in [1.54, 1.807) is 47.7 Å². The minimum absolute atomic E-state index is 0.116. The number of nitrogens with zero attached hydrogens (tertiary/aromatic N) is 3. The van der Waals surface area contributed by atoms with Crippen LogP contribution in [0.3, 0.4) is 0 Å². The van der Waals surface area contributed by atoms with Gasteiger partial charge in [0.15, 0.2) is 17.2 Å². The lowest BCUT2D eigenvalue weighted by molar-refractivity contribution is -0.135. The Kier molecular flexibility index (Phi) is 8.31. The second kappa shape index (κ2) is 11.6. The number of carbonyl (C=O) groups excluding carboxylic acids is 3. The maximum atomic E-state index is 13.8. The predicted octanol–water partition coefficient (Wildman–Crippen LogP) is 1.90. The smallest absolute Gasteiger partial charge is 0.272 e. The highest BCUT2D eigenvalue weighted by Gasteiger charge is 2.29. The molecule has 0 spiro atoms. The Morgan fingerprint density at radius 3 is 2.39 bits per heavy atom. The molecule has 10 nitrogen and oxygen atoms in total. The molecule has 2 amide bonds. The molecule has 4 rings (SSSR count). The van der Waals surface area contributed by atoms with Gasteiger partial charge >= 0.3 is 0 Å². The molecule has 1 aliphatic rings. The third kappa shape index (κ3) is 5.22. The topological polar surface area (TPSA) is 123 Å². The zero-order valence-corrected chi connectivity index (χ0v) is 22.0. The second-order valence-corrected chi connectivity index (χ2v) is 9.39. The number of carbonyl (C=O) groups is 3. The van der Waals surface area contributed by atoms with E-state index in [0.717, 1.165) is 0 Å². The second-order valence-electron chi connectivity index (χ2n) is 9.39. The molecule has 0 aliphatic carbocycles. The van der Waals surface area contributed by atoms with Crippen LogP contribution >= 0.6 is 0 Å². The van der Waals surface area contributed by atoms with Crippen LogP contribution in [0.5, 0.6) is 5.75 Å². The fourth-order valence-electron chi connectivity index (χ4n) is 5.04. The standard InChI is InChI=1S/C28H34N4O6/c1-4-20-15-21-24(28(37)32(20)16-22(34)18-9-7-6-8-10-18)26(38-5-2)25(30(21)3)27(36)29-19-11-13-31(14-12-19)23(35)17-33/h6-10,15,19,33H,4-5,11-14,16-17H2,1-3H3,(H,29,36). The molecule has 0 bridgehead atoms. The third-order valence-corrected chi connectivity index (χ3v) is 7.09. The zero-order chi connectivity index (χ0) is 27.4. The van der Waals surface area contributed by atoms with E-state index in [-0.39, 0.29) is 59.2 Å². The highest BCUT2D eigenvalue weighted by Crippen LogP contribution is 2.31. The quantitative estimate of drug-likeness (QED) is 0.414. The minimum atomic E-state index is -0.529. The first kappa shape index (κ1) is 27.1. The van der Waals surface area contributed by atoms with Crippen molar-refractivity contribution < 1.29 is 24.2 Å². The molecule has 10 heteroatoms. The van der Waals surface area contributed by atoms with Gasteiger partial charge in [-0.1, -0.05) is 37.3 Å². The molecule has 2 N–H and O–H groups in total. The number of aryl methyl sites for hydroxylation is 2. The molecule has 1 aliphatic heterocycles. The SMILES string of the molecule is CCOc1c(C(=O)NC2CCN(C(=O)CO)CC2)n(C)c2cc(CC)n(CC(=O)c3ccccc3)c(=O)c12. The molecular weight excluding hydrogens is 488 g/mol. The van der Waals surface area contributed by atoms with E-state index in [1.165, 1.54) is 4.57 Å². The fourth-order valence-corrected chi connectivity index (χ4v) is 5.04. The number of aromatic nitrogens is 2. The Bertz CT molecular complexity index is 1400. The molecule has 202 valence electrons. The number of fused-ring (bicyclic) bond motifs is 1. The van der Waals surface area contributed by atoms with E-state index in [2.05, 4.69) is 5.32 Å². The average molecular weight is 523 g/mol. The first-order valence-corrected chi connectivity index (χ1v) is 13.0. The summed E-state index contributed by atoms with van der Waals surface area (Å²) in [6.07, 6.45) is 1.63. The van der Waals surface area contributed by atoms with Crippen molar-refractivity contribution in [2.24, 2.45) is 7.05 Å². The molecule has 0 atom stereocenters. The van der Waals surface area contributed by atoms with Gasteiger partial charge in [0.2, 0.25) is 5.91 Å². The van der Waals surface area contributed by atoms with Crippen LogP contribution in [0.2, 0.25) is 0 Å². The first-order chi connectivity index (χ1) is 18.3. The lowest BCUT2D eigenvalue weighted by Gasteiger charge is -2.32. The molecule has 3 aromatic rings. The van der Waals surface area contributed by atoms with Gasteiger partial charge in [-0.15, -0.1) is 0 Å². The molecule has 3 heterocycles. The van der Waals surface area contributed by atoms with Crippen molar-refractivity contribution in [1.82, 2.24) is 19.4 Å². The van der Waals surface area contributed by atoms with Crippen LogP contribution in [-0.2, 0) is 24.8 Å². The summed E-state index contributed by atoms with van der Waals surface area (Å²) in [5.74, 6) is -0.678. The van der Waals surface area contributed by atoms with E-state index >= 15 is 0 Å². The van der Waals surface area contributed by atoms with Crippen LogP contribution in [0.15, 0.2) is 41.2 Å². The Balaban J connectivity index is 1.70. The largest absolute Gasteiger partial charge is 0.491 e. The van der Waals surface area contributed by atoms with Gasteiger partial charge in [-0.05, 0) is 32.3 Å². The number of ether oxygens (including phenoxy) is 1. The summed E-state index contributed by atoms with van der Waals surface area (Å²) in [7, 11) is 1.72. The van der Waals surface area contributed by atoms with Gasteiger partial charge in [0, 0.05) is 37.4 Å². The summed E-state index contributed by atoms with van der Waals surface area (Å²) >= 11 is 0. The van der Waals surface area contributed by atoms with Gasteiger partial charge in [0.05, 0.1) is 18.7 Å². The van der Waals surface area contributed by atoms with Gasteiger partial charge in [-0.3, -0.25) is 19.2 Å². The molecule has 2 aromatic heterocycles. The van der Waals surface area contributed by atoms with Crippen molar-refractivity contribution >= 4 is 28.5 Å². The zero-order valence-electron chi connectivity index (χ0n) is 22.0. The summed E-state index contributed by atoms with van der Waals surface area (Å²) in [5.41, 5.74) is 1.63. The summed E-state index contributed by atoms with van der Waals surface area (Å²) in [4.78, 5) is 53.6. The maximum Gasteiger partial charge on any atom is 0.272 e. The minimum Gasteiger partial charge on any atom is -0.491 e. The number of ketones is 1. The van der Waals surface area contributed by atoms with Gasteiger partial charge < -0.3 is 29.2 Å². The lowest BCUT2D eigenvalue weighted by atomic mass is 10.0. The Hall–Kier alpha value is -3.92. The highest BCUT2D eigenvalue weighted by molar-refractivity contribution is 6.04. The fraction of sp³-hybridized carbons (Fsp3) is 0.429. The number of aliphatic hydroxyl groups excluding tert-OH is 1. The molecule has 0 unspecified atom stereocenters. The van der Waals surface area contributed by atoms with Crippen molar-refractivity contribution in [1.29, 1.82) is 0 Å². The number of hydrogen-bond donors (Lipinski definition) is 2. The van der Waals surface area contributed by atoms with E-state index in [4.69, 9.17) is 9.84 Å². The van der Waals surface area contributed by atoms with Crippen LogP contribution in [0.4, 0.5) is 0 Å². The number of rotatable bonds is 9. The van der Waals surface area contributed by atoms with Crippen molar-refractivity contribution in [3.8, 4) is 5.75 Å². The van der Waals surface area contributed by atoms with Gasteiger partial charge in [-0.25, -0.2) is 0 Å². The first-order valence-electron chi connectivity index (χ1n) is 13.0. The van der Waals surface area contributed by atoms with Gasteiger partial charge in [0.25, 0.3) is 11.5 Å². The van der Waals surface area contributed by atoms with E-state index in [0.29, 0.717) is 49.1 Å². The summed E-state index contributed by atoms with van der Waals surface area (Å²) in [5, 5.41) is 12.4. The Morgan fingerprint density at radius 2 is 1.79 bits per heavy atom.